The smallest absolute Gasteiger partial charge is 0.236 e. The van der Waals surface area contributed by atoms with Crippen molar-refractivity contribution in [2.45, 2.75) is 19.0 Å². The number of carbonyl (C=O) groups excluding carboxylic acids is 1. The molecule has 1 aliphatic rings. The van der Waals surface area contributed by atoms with E-state index in [0.29, 0.717) is 25.7 Å². The number of rotatable bonds is 8. The zero-order chi connectivity index (χ0) is 15.8. The number of hydrogen-bond acceptors (Lipinski definition) is 4. The van der Waals surface area contributed by atoms with Crippen molar-refractivity contribution in [2.24, 2.45) is 0 Å². The Balaban J connectivity index is 1.73. The van der Waals surface area contributed by atoms with Crippen LogP contribution in [0.15, 0.2) is 30.3 Å². The van der Waals surface area contributed by atoms with Crippen LogP contribution >= 0.6 is 0 Å². The fraction of sp³-hybridized carbons (Fsp3) is 0.588. The van der Waals surface area contributed by atoms with E-state index in [-0.39, 0.29) is 5.91 Å². The van der Waals surface area contributed by atoms with Crippen molar-refractivity contribution in [3.63, 3.8) is 0 Å². The van der Waals surface area contributed by atoms with E-state index >= 15 is 0 Å². The number of amides is 1. The number of likely N-dealkylation sites (tertiary alicyclic amines) is 1. The summed E-state index contributed by atoms with van der Waals surface area (Å²) in [5.41, 5.74) is 1.33. The van der Waals surface area contributed by atoms with Gasteiger partial charge in [-0.2, -0.15) is 0 Å². The summed E-state index contributed by atoms with van der Waals surface area (Å²) < 4.78 is 4.96. The molecular weight excluding hydrogens is 278 g/mol. The molecule has 22 heavy (non-hydrogen) atoms. The molecule has 1 aliphatic heterocycles. The molecule has 1 N–H and O–H groups in total. The minimum absolute atomic E-state index is 0.155. The van der Waals surface area contributed by atoms with E-state index in [1.54, 1.807) is 7.11 Å². The van der Waals surface area contributed by atoms with Crippen LogP contribution in [0.2, 0.25) is 0 Å². The molecular formula is C17H27N3O2. The summed E-state index contributed by atoms with van der Waals surface area (Å²) >= 11 is 0. The number of benzene rings is 1. The molecule has 0 aromatic heterocycles. The lowest BCUT2D eigenvalue weighted by atomic mass is 10.2. The van der Waals surface area contributed by atoms with Crippen molar-refractivity contribution in [3.8, 4) is 0 Å². The minimum atomic E-state index is 0.155. The second kappa shape index (κ2) is 8.88. The van der Waals surface area contributed by atoms with Gasteiger partial charge in [0.05, 0.1) is 13.2 Å². The Hall–Kier alpha value is -1.43. The molecule has 0 bridgehead atoms. The first-order valence-corrected chi connectivity index (χ1v) is 7.92. The highest BCUT2D eigenvalue weighted by atomic mass is 16.5. The molecule has 0 saturated carbocycles. The van der Waals surface area contributed by atoms with E-state index in [4.69, 9.17) is 4.74 Å². The van der Waals surface area contributed by atoms with Crippen molar-refractivity contribution in [1.29, 1.82) is 0 Å². The molecule has 0 aliphatic carbocycles. The Morgan fingerprint density at radius 3 is 2.91 bits per heavy atom. The van der Waals surface area contributed by atoms with Crippen LogP contribution in [-0.2, 0) is 16.1 Å². The van der Waals surface area contributed by atoms with Gasteiger partial charge in [-0.15, -0.1) is 0 Å². The molecule has 0 spiro atoms. The van der Waals surface area contributed by atoms with Gasteiger partial charge in [-0.25, -0.2) is 0 Å². The maximum absolute atomic E-state index is 12.2. The Bertz CT molecular complexity index is 452. The van der Waals surface area contributed by atoms with Crippen molar-refractivity contribution >= 4 is 5.91 Å². The summed E-state index contributed by atoms with van der Waals surface area (Å²) in [4.78, 5) is 16.5. The van der Waals surface area contributed by atoms with E-state index in [9.17, 15) is 4.79 Å². The molecule has 1 heterocycles. The van der Waals surface area contributed by atoms with Crippen LogP contribution in [-0.4, -0.2) is 68.7 Å². The standard InChI is InChI=1S/C17H27N3O2/c1-19(17(21)12-18-9-11-22-2)16-8-10-20(14-16)13-15-6-4-3-5-7-15/h3-7,16,18H,8-14H2,1-2H3. The molecule has 1 unspecified atom stereocenters. The van der Waals surface area contributed by atoms with Gasteiger partial charge in [-0.05, 0) is 12.0 Å². The van der Waals surface area contributed by atoms with Gasteiger partial charge in [0.25, 0.3) is 0 Å². The summed E-state index contributed by atoms with van der Waals surface area (Å²) in [7, 11) is 3.58. The van der Waals surface area contributed by atoms with E-state index in [1.807, 2.05) is 18.0 Å². The molecule has 1 amide bonds. The summed E-state index contributed by atoms with van der Waals surface area (Å²) in [5.74, 6) is 0.155. The molecule has 1 aromatic rings. The second-order valence-electron chi connectivity index (χ2n) is 5.84. The van der Waals surface area contributed by atoms with Crippen molar-refractivity contribution in [3.05, 3.63) is 35.9 Å². The highest BCUT2D eigenvalue weighted by molar-refractivity contribution is 5.78. The van der Waals surface area contributed by atoms with Crippen molar-refractivity contribution in [2.75, 3.05) is 46.9 Å². The fourth-order valence-electron chi connectivity index (χ4n) is 2.81. The topological polar surface area (TPSA) is 44.8 Å². The first kappa shape index (κ1) is 16.9. The molecule has 1 atom stereocenters. The zero-order valence-electron chi connectivity index (χ0n) is 13.6. The summed E-state index contributed by atoms with van der Waals surface area (Å²) in [6.45, 7) is 4.69. The molecule has 2 rings (SSSR count). The maximum atomic E-state index is 12.2. The Kier molecular flexibility index (Phi) is 6.83. The fourth-order valence-corrected chi connectivity index (χ4v) is 2.81. The van der Waals surface area contributed by atoms with E-state index in [0.717, 1.165) is 26.1 Å². The minimum Gasteiger partial charge on any atom is -0.383 e. The van der Waals surface area contributed by atoms with Crippen molar-refractivity contribution < 1.29 is 9.53 Å². The largest absolute Gasteiger partial charge is 0.383 e. The van der Waals surface area contributed by atoms with Gasteiger partial charge in [0.15, 0.2) is 0 Å². The third kappa shape index (κ3) is 5.09. The predicted molar refractivity (Wildman–Crippen MR) is 87.6 cm³/mol. The number of hydrogen-bond donors (Lipinski definition) is 1. The van der Waals surface area contributed by atoms with Crippen LogP contribution < -0.4 is 5.32 Å². The lowest BCUT2D eigenvalue weighted by molar-refractivity contribution is -0.130. The Labute approximate surface area is 133 Å². The number of nitrogens with one attached hydrogen (secondary N) is 1. The molecule has 0 radical (unpaired) electrons. The Morgan fingerprint density at radius 2 is 2.18 bits per heavy atom. The normalized spacial score (nSPS) is 18.5. The highest BCUT2D eigenvalue weighted by Gasteiger charge is 2.27. The molecule has 1 saturated heterocycles. The summed E-state index contributed by atoms with van der Waals surface area (Å²) in [6.07, 6.45) is 1.05. The lowest BCUT2D eigenvalue weighted by Crippen LogP contribution is -2.43. The highest BCUT2D eigenvalue weighted by Crippen LogP contribution is 2.17. The van der Waals surface area contributed by atoms with Gasteiger partial charge in [0.2, 0.25) is 5.91 Å². The molecule has 5 nitrogen and oxygen atoms in total. The third-order valence-electron chi connectivity index (χ3n) is 4.20. The van der Waals surface area contributed by atoms with E-state index in [1.165, 1.54) is 5.56 Å². The van der Waals surface area contributed by atoms with Gasteiger partial charge < -0.3 is 15.0 Å². The summed E-state index contributed by atoms with van der Waals surface area (Å²) in [5, 5.41) is 3.11. The zero-order valence-corrected chi connectivity index (χ0v) is 13.6. The lowest BCUT2D eigenvalue weighted by Gasteiger charge is -2.25. The first-order chi connectivity index (χ1) is 10.7. The second-order valence-corrected chi connectivity index (χ2v) is 5.84. The average molecular weight is 305 g/mol. The number of ether oxygens (including phenoxy) is 1. The van der Waals surface area contributed by atoms with Crippen LogP contribution in [0.3, 0.4) is 0 Å². The van der Waals surface area contributed by atoms with Gasteiger partial charge in [0, 0.05) is 46.4 Å². The van der Waals surface area contributed by atoms with E-state index in [2.05, 4.69) is 34.5 Å². The van der Waals surface area contributed by atoms with Crippen LogP contribution in [0.1, 0.15) is 12.0 Å². The molecule has 122 valence electrons. The predicted octanol–water partition coefficient (Wildman–Crippen LogP) is 0.955. The maximum Gasteiger partial charge on any atom is 0.236 e. The molecule has 1 fully saturated rings. The molecule has 5 heteroatoms. The quantitative estimate of drug-likeness (QED) is 0.727. The average Bonchev–Trinajstić information content (AvgIpc) is 3.00. The molecule has 1 aromatic carbocycles. The number of carbonyl (C=O) groups is 1. The monoisotopic (exact) mass is 305 g/mol. The SMILES string of the molecule is COCCNCC(=O)N(C)C1CCN(Cc2ccccc2)C1. The first-order valence-electron chi connectivity index (χ1n) is 7.92. The van der Waals surface area contributed by atoms with Crippen LogP contribution in [0.25, 0.3) is 0 Å². The number of nitrogens with zero attached hydrogens (tertiary/aromatic N) is 2. The van der Waals surface area contributed by atoms with Gasteiger partial charge >= 0.3 is 0 Å². The van der Waals surface area contributed by atoms with Crippen molar-refractivity contribution in [1.82, 2.24) is 15.1 Å². The van der Waals surface area contributed by atoms with Crippen LogP contribution in [0, 0.1) is 0 Å². The van der Waals surface area contributed by atoms with E-state index < -0.39 is 0 Å². The van der Waals surface area contributed by atoms with Crippen LogP contribution in [0.4, 0.5) is 0 Å². The van der Waals surface area contributed by atoms with Crippen LogP contribution in [0.5, 0.6) is 0 Å². The van der Waals surface area contributed by atoms with Gasteiger partial charge in [-0.1, -0.05) is 30.3 Å². The number of likely N-dealkylation sites (N-methyl/N-ethyl adjacent to an activating group) is 1. The summed E-state index contributed by atoms with van der Waals surface area (Å²) in [6, 6.07) is 10.8. The van der Waals surface area contributed by atoms with Gasteiger partial charge in [-0.3, -0.25) is 9.69 Å². The number of methoxy groups -OCH3 is 1. The Morgan fingerprint density at radius 1 is 1.41 bits per heavy atom. The van der Waals surface area contributed by atoms with Gasteiger partial charge in [0.1, 0.15) is 0 Å². The third-order valence-corrected chi connectivity index (χ3v) is 4.20.